The molecule has 1 N–H and O–H groups in total. The first-order valence-electron chi connectivity index (χ1n) is 8.45. The number of nitrogens with zero attached hydrogens (tertiary/aromatic N) is 3. The van der Waals surface area contributed by atoms with E-state index < -0.39 is 6.04 Å². The van der Waals surface area contributed by atoms with Crippen molar-refractivity contribution in [3.8, 4) is 0 Å². The molecule has 1 spiro atoms. The van der Waals surface area contributed by atoms with Crippen LogP contribution in [0.25, 0.3) is 0 Å². The molecule has 124 valence electrons. The van der Waals surface area contributed by atoms with Crippen molar-refractivity contribution >= 4 is 11.8 Å². The smallest absolute Gasteiger partial charge is 0.242 e. The van der Waals surface area contributed by atoms with E-state index in [4.69, 9.17) is 0 Å². The Bertz CT molecular complexity index is 454. The van der Waals surface area contributed by atoms with Crippen LogP contribution in [0, 0.1) is 11.3 Å². The molecule has 0 aromatic carbocycles. The minimum atomic E-state index is -0.390. The molecule has 6 heteroatoms. The molecule has 0 aromatic rings. The Morgan fingerprint density at radius 3 is 2.14 bits per heavy atom. The molecule has 2 heterocycles. The lowest BCUT2D eigenvalue weighted by Gasteiger charge is -2.40. The number of carbonyl (C=O) groups is 2. The summed E-state index contributed by atoms with van der Waals surface area (Å²) < 4.78 is 0. The van der Waals surface area contributed by atoms with Crippen molar-refractivity contribution in [2.24, 2.45) is 11.3 Å². The van der Waals surface area contributed by atoms with Gasteiger partial charge in [-0.2, -0.15) is 5.06 Å². The molecule has 2 saturated heterocycles. The SMILES string of the molecule is CC(C)C(=O)N1CCN(C(=O)C2CCC3(CC3)CN2O)CC1. The third-order valence-corrected chi connectivity index (χ3v) is 5.44. The van der Waals surface area contributed by atoms with Gasteiger partial charge in [0.25, 0.3) is 0 Å². The van der Waals surface area contributed by atoms with E-state index in [1.165, 1.54) is 17.9 Å². The molecule has 3 rings (SSSR count). The summed E-state index contributed by atoms with van der Waals surface area (Å²) in [6, 6.07) is -0.390. The molecule has 2 aliphatic heterocycles. The van der Waals surface area contributed by atoms with Crippen LogP contribution in [0.3, 0.4) is 0 Å². The predicted octanol–water partition coefficient (Wildman–Crippen LogP) is 0.947. The second kappa shape index (κ2) is 5.81. The summed E-state index contributed by atoms with van der Waals surface area (Å²) in [4.78, 5) is 28.3. The standard InChI is InChI=1S/C16H27N3O3/c1-12(2)14(20)17-7-9-18(10-8-17)15(21)13-3-4-16(5-6-16)11-19(13)22/h12-13,22H,3-11H2,1-2H3. The van der Waals surface area contributed by atoms with Gasteiger partial charge in [0, 0.05) is 38.6 Å². The first-order valence-corrected chi connectivity index (χ1v) is 8.45. The second-order valence-corrected chi connectivity index (χ2v) is 7.46. The summed E-state index contributed by atoms with van der Waals surface area (Å²) in [5, 5.41) is 11.4. The first kappa shape index (κ1) is 15.7. The van der Waals surface area contributed by atoms with Gasteiger partial charge in [0.2, 0.25) is 11.8 Å². The quantitative estimate of drug-likeness (QED) is 0.825. The lowest BCUT2D eigenvalue weighted by atomic mass is 9.91. The van der Waals surface area contributed by atoms with Crippen LogP contribution in [0.2, 0.25) is 0 Å². The van der Waals surface area contributed by atoms with E-state index in [0.29, 0.717) is 38.1 Å². The number of piperidine rings is 1. The fraction of sp³-hybridized carbons (Fsp3) is 0.875. The normalized spacial score (nSPS) is 28.3. The topological polar surface area (TPSA) is 64.1 Å². The fourth-order valence-electron chi connectivity index (χ4n) is 3.68. The molecule has 2 amide bonds. The average molecular weight is 309 g/mol. The Kier molecular flexibility index (Phi) is 4.16. The average Bonchev–Trinajstić information content (AvgIpc) is 3.25. The number of hydrogen-bond acceptors (Lipinski definition) is 4. The van der Waals surface area contributed by atoms with Gasteiger partial charge in [0.05, 0.1) is 0 Å². The molecule has 3 fully saturated rings. The number of hydrogen-bond donors (Lipinski definition) is 1. The Morgan fingerprint density at radius 1 is 1.05 bits per heavy atom. The van der Waals surface area contributed by atoms with Gasteiger partial charge < -0.3 is 15.0 Å². The van der Waals surface area contributed by atoms with E-state index in [0.717, 1.165) is 12.8 Å². The van der Waals surface area contributed by atoms with Crippen molar-refractivity contribution in [1.29, 1.82) is 0 Å². The molecule has 0 aromatic heterocycles. The zero-order chi connectivity index (χ0) is 15.9. The van der Waals surface area contributed by atoms with Crippen LogP contribution in [0.5, 0.6) is 0 Å². The van der Waals surface area contributed by atoms with Gasteiger partial charge in [-0.1, -0.05) is 13.8 Å². The highest BCUT2D eigenvalue weighted by Crippen LogP contribution is 2.52. The Labute approximate surface area is 132 Å². The van der Waals surface area contributed by atoms with Crippen LogP contribution >= 0.6 is 0 Å². The number of piperazine rings is 1. The fourth-order valence-corrected chi connectivity index (χ4v) is 3.68. The Balaban J connectivity index is 1.52. The molecular weight excluding hydrogens is 282 g/mol. The van der Waals surface area contributed by atoms with Gasteiger partial charge in [-0.15, -0.1) is 0 Å². The van der Waals surface area contributed by atoms with Gasteiger partial charge >= 0.3 is 0 Å². The maximum absolute atomic E-state index is 12.6. The van der Waals surface area contributed by atoms with Crippen molar-refractivity contribution in [1.82, 2.24) is 14.9 Å². The molecule has 1 saturated carbocycles. The van der Waals surface area contributed by atoms with Gasteiger partial charge in [0.1, 0.15) is 6.04 Å². The van der Waals surface area contributed by atoms with Crippen molar-refractivity contribution in [3.05, 3.63) is 0 Å². The van der Waals surface area contributed by atoms with Crippen LogP contribution in [-0.4, -0.2) is 70.7 Å². The molecule has 0 bridgehead atoms. The van der Waals surface area contributed by atoms with E-state index in [1.807, 2.05) is 23.6 Å². The molecule has 6 nitrogen and oxygen atoms in total. The summed E-state index contributed by atoms with van der Waals surface area (Å²) in [6.45, 7) is 6.79. The van der Waals surface area contributed by atoms with Crippen LogP contribution < -0.4 is 0 Å². The van der Waals surface area contributed by atoms with Crippen LogP contribution in [0.4, 0.5) is 0 Å². The van der Waals surface area contributed by atoms with E-state index >= 15 is 0 Å². The van der Waals surface area contributed by atoms with E-state index in [2.05, 4.69) is 0 Å². The third-order valence-electron chi connectivity index (χ3n) is 5.44. The highest BCUT2D eigenvalue weighted by molar-refractivity contribution is 5.83. The van der Waals surface area contributed by atoms with E-state index in [1.54, 1.807) is 0 Å². The third kappa shape index (κ3) is 2.99. The summed E-state index contributed by atoms with van der Waals surface area (Å²) in [7, 11) is 0. The number of hydroxylamine groups is 2. The molecule has 1 unspecified atom stereocenters. The second-order valence-electron chi connectivity index (χ2n) is 7.46. The highest BCUT2D eigenvalue weighted by Gasteiger charge is 2.49. The van der Waals surface area contributed by atoms with E-state index in [-0.39, 0.29) is 17.7 Å². The number of rotatable bonds is 2. The van der Waals surface area contributed by atoms with E-state index in [9.17, 15) is 14.8 Å². The van der Waals surface area contributed by atoms with Crippen molar-refractivity contribution < 1.29 is 14.8 Å². The minimum Gasteiger partial charge on any atom is -0.339 e. The summed E-state index contributed by atoms with van der Waals surface area (Å²) in [5.41, 5.74) is 0.300. The Morgan fingerprint density at radius 2 is 1.64 bits per heavy atom. The summed E-state index contributed by atoms with van der Waals surface area (Å²) in [6.07, 6.45) is 4.16. The Hall–Kier alpha value is -1.14. The summed E-state index contributed by atoms with van der Waals surface area (Å²) >= 11 is 0. The van der Waals surface area contributed by atoms with Gasteiger partial charge in [-0.05, 0) is 31.1 Å². The van der Waals surface area contributed by atoms with Crippen molar-refractivity contribution in [2.45, 2.75) is 45.6 Å². The van der Waals surface area contributed by atoms with Crippen molar-refractivity contribution in [3.63, 3.8) is 0 Å². The predicted molar refractivity (Wildman–Crippen MR) is 81.2 cm³/mol. The maximum Gasteiger partial charge on any atom is 0.242 e. The summed E-state index contributed by atoms with van der Waals surface area (Å²) in [5.74, 6) is 0.183. The van der Waals surface area contributed by atoms with Crippen molar-refractivity contribution in [2.75, 3.05) is 32.7 Å². The largest absolute Gasteiger partial charge is 0.339 e. The number of amides is 2. The maximum atomic E-state index is 12.6. The highest BCUT2D eigenvalue weighted by atomic mass is 16.5. The lowest BCUT2D eigenvalue weighted by Crippen LogP contribution is -2.57. The lowest BCUT2D eigenvalue weighted by molar-refractivity contribution is -0.181. The molecule has 0 radical (unpaired) electrons. The molecule has 22 heavy (non-hydrogen) atoms. The molecular formula is C16H27N3O3. The van der Waals surface area contributed by atoms with Crippen LogP contribution in [-0.2, 0) is 9.59 Å². The first-order chi connectivity index (χ1) is 10.4. The molecule has 1 atom stereocenters. The van der Waals surface area contributed by atoms with Gasteiger partial charge in [0.15, 0.2) is 0 Å². The molecule has 3 aliphatic rings. The monoisotopic (exact) mass is 309 g/mol. The minimum absolute atomic E-state index is 0.00302. The zero-order valence-corrected chi connectivity index (χ0v) is 13.6. The zero-order valence-electron chi connectivity index (χ0n) is 13.6. The molecule has 1 aliphatic carbocycles. The van der Waals surface area contributed by atoms with Gasteiger partial charge in [-0.25, -0.2) is 0 Å². The van der Waals surface area contributed by atoms with Crippen LogP contribution in [0.1, 0.15) is 39.5 Å². The van der Waals surface area contributed by atoms with Gasteiger partial charge in [-0.3, -0.25) is 9.59 Å². The number of carbonyl (C=O) groups excluding carboxylic acids is 2. The van der Waals surface area contributed by atoms with Crippen LogP contribution in [0.15, 0.2) is 0 Å².